The topological polar surface area (TPSA) is 61.8 Å². The van der Waals surface area contributed by atoms with E-state index in [9.17, 15) is 9.59 Å². The highest BCUT2D eigenvalue weighted by Gasteiger charge is 2.11. The quantitative estimate of drug-likeness (QED) is 0.417. The minimum atomic E-state index is -0.481. The molecule has 5 nitrogen and oxygen atoms in total. The van der Waals surface area contributed by atoms with Crippen molar-refractivity contribution in [3.63, 3.8) is 0 Å². The van der Waals surface area contributed by atoms with Crippen molar-refractivity contribution in [2.24, 2.45) is 0 Å². The number of carbonyl (C=O) groups excluding carboxylic acids is 2. The first-order chi connectivity index (χ1) is 9.60. The maximum atomic E-state index is 11.6. The lowest BCUT2D eigenvalue weighted by Gasteiger charge is -2.09. The fourth-order valence-electron chi connectivity index (χ4n) is 1.49. The highest BCUT2D eigenvalue weighted by molar-refractivity contribution is 8.00. The molecule has 0 aliphatic carbocycles. The molecule has 0 heterocycles. The molecule has 0 amide bonds. The summed E-state index contributed by atoms with van der Waals surface area (Å²) in [4.78, 5) is 23.6. The van der Waals surface area contributed by atoms with Gasteiger partial charge in [0.2, 0.25) is 0 Å². The van der Waals surface area contributed by atoms with E-state index in [1.54, 1.807) is 33.3 Å². The Morgan fingerprint density at radius 3 is 2.45 bits per heavy atom. The molecule has 1 aromatic rings. The van der Waals surface area contributed by atoms with Crippen LogP contribution in [0.4, 0.5) is 0 Å². The van der Waals surface area contributed by atoms with Crippen LogP contribution in [0, 0.1) is 0 Å². The Labute approximate surface area is 122 Å². The number of esters is 1. The third-order valence-corrected chi connectivity index (χ3v) is 3.46. The Morgan fingerprint density at radius 2 is 1.85 bits per heavy atom. The van der Waals surface area contributed by atoms with Crippen LogP contribution in [-0.4, -0.2) is 38.3 Å². The lowest BCUT2D eigenvalue weighted by atomic mass is 10.3. The van der Waals surface area contributed by atoms with Crippen LogP contribution in [0.5, 0.6) is 11.5 Å². The maximum absolute atomic E-state index is 11.6. The van der Waals surface area contributed by atoms with Crippen molar-refractivity contribution in [2.45, 2.75) is 18.2 Å². The number of ether oxygens (including phenoxy) is 3. The molecule has 0 spiro atoms. The molecule has 0 N–H and O–H groups in total. The lowest BCUT2D eigenvalue weighted by molar-refractivity contribution is -0.145. The standard InChI is InChI=1S/C14H18O5S/c1-4-19-14(16)7-10(15)9-20-11-5-6-12(17-2)13(8-11)18-3/h5-6,8H,4,7,9H2,1-3H3. The highest BCUT2D eigenvalue weighted by Crippen LogP contribution is 2.31. The minimum absolute atomic E-state index is 0.164. The zero-order chi connectivity index (χ0) is 15.0. The highest BCUT2D eigenvalue weighted by atomic mass is 32.2. The molecule has 0 fully saturated rings. The molecule has 0 aliphatic heterocycles. The molecule has 20 heavy (non-hydrogen) atoms. The van der Waals surface area contributed by atoms with E-state index >= 15 is 0 Å². The van der Waals surface area contributed by atoms with Gasteiger partial charge in [0.1, 0.15) is 6.42 Å². The summed E-state index contributed by atoms with van der Waals surface area (Å²) in [6.07, 6.45) is -0.186. The molecular formula is C14H18O5S. The zero-order valence-corrected chi connectivity index (χ0v) is 12.6. The number of hydrogen-bond acceptors (Lipinski definition) is 6. The average Bonchev–Trinajstić information content (AvgIpc) is 2.44. The number of carbonyl (C=O) groups is 2. The second-order valence-corrected chi connectivity index (χ2v) is 4.87. The van der Waals surface area contributed by atoms with E-state index < -0.39 is 5.97 Å². The molecule has 0 radical (unpaired) electrons. The van der Waals surface area contributed by atoms with Crippen molar-refractivity contribution in [2.75, 3.05) is 26.6 Å². The summed E-state index contributed by atoms with van der Waals surface area (Å²) < 4.78 is 15.0. The van der Waals surface area contributed by atoms with E-state index in [-0.39, 0.29) is 24.6 Å². The fourth-order valence-corrected chi connectivity index (χ4v) is 2.28. The van der Waals surface area contributed by atoms with E-state index in [1.165, 1.54) is 11.8 Å². The summed E-state index contributed by atoms with van der Waals surface area (Å²) in [7, 11) is 3.12. The van der Waals surface area contributed by atoms with Gasteiger partial charge in [0, 0.05) is 4.90 Å². The van der Waals surface area contributed by atoms with Crippen molar-refractivity contribution >= 4 is 23.5 Å². The Morgan fingerprint density at radius 1 is 1.15 bits per heavy atom. The average molecular weight is 298 g/mol. The van der Waals surface area contributed by atoms with Gasteiger partial charge in [-0.25, -0.2) is 0 Å². The number of ketones is 1. The summed E-state index contributed by atoms with van der Waals surface area (Å²) in [6.45, 7) is 2.00. The van der Waals surface area contributed by atoms with Crippen molar-refractivity contribution in [1.82, 2.24) is 0 Å². The number of benzene rings is 1. The van der Waals surface area contributed by atoms with Crippen molar-refractivity contribution < 1.29 is 23.8 Å². The van der Waals surface area contributed by atoms with E-state index in [0.717, 1.165) is 4.90 Å². The zero-order valence-electron chi connectivity index (χ0n) is 11.8. The third kappa shape index (κ3) is 5.13. The molecule has 0 saturated heterocycles. The summed E-state index contributed by atoms with van der Waals surface area (Å²) in [5, 5.41) is 0. The SMILES string of the molecule is CCOC(=O)CC(=O)CSc1ccc(OC)c(OC)c1. The van der Waals surface area contributed by atoms with E-state index in [1.807, 2.05) is 6.07 Å². The Hall–Kier alpha value is -1.69. The van der Waals surface area contributed by atoms with Gasteiger partial charge in [0.05, 0.1) is 26.6 Å². The number of methoxy groups -OCH3 is 2. The smallest absolute Gasteiger partial charge is 0.313 e. The normalized spacial score (nSPS) is 9.95. The van der Waals surface area contributed by atoms with Gasteiger partial charge in [-0.15, -0.1) is 11.8 Å². The number of Topliss-reactive ketones (excluding diaryl/α,β-unsaturated/α-hetero) is 1. The molecule has 0 saturated carbocycles. The van der Waals surface area contributed by atoms with Crippen LogP contribution in [-0.2, 0) is 14.3 Å². The number of hydrogen-bond donors (Lipinski definition) is 0. The van der Waals surface area contributed by atoms with Gasteiger partial charge in [-0.1, -0.05) is 0 Å². The first-order valence-electron chi connectivity index (χ1n) is 6.12. The monoisotopic (exact) mass is 298 g/mol. The van der Waals surface area contributed by atoms with Gasteiger partial charge in [0.25, 0.3) is 0 Å². The maximum Gasteiger partial charge on any atom is 0.313 e. The number of thioether (sulfide) groups is 1. The summed E-state index contributed by atoms with van der Waals surface area (Å²) >= 11 is 1.34. The Bertz CT molecular complexity index is 473. The fraction of sp³-hybridized carbons (Fsp3) is 0.429. The van der Waals surface area contributed by atoms with Gasteiger partial charge in [-0.2, -0.15) is 0 Å². The van der Waals surface area contributed by atoms with Gasteiger partial charge in [-0.3, -0.25) is 9.59 Å². The molecule has 0 aromatic heterocycles. The van der Waals surface area contributed by atoms with E-state index in [4.69, 9.17) is 14.2 Å². The van der Waals surface area contributed by atoms with Gasteiger partial charge < -0.3 is 14.2 Å². The molecular weight excluding hydrogens is 280 g/mol. The third-order valence-electron chi connectivity index (χ3n) is 2.40. The van der Waals surface area contributed by atoms with Gasteiger partial charge in [0.15, 0.2) is 17.3 Å². The van der Waals surface area contributed by atoms with Crippen molar-refractivity contribution in [1.29, 1.82) is 0 Å². The predicted molar refractivity (Wildman–Crippen MR) is 76.5 cm³/mol. The predicted octanol–water partition coefficient (Wildman–Crippen LogP) is 2.32. The molecule has 0 aliphatic rings. The molecule has 110 valence electrons. The van der Waals surface area contributed by atoms with Crippen LogP contribution in [0.1, 0.15) is 13.3 Å². The van der Waals surface area contributed by atoms with Gasteiger partial charge >= 0.3 is 5.97 Å². The lowest BCUT2D eigenvalue weighted by Crippen LogP contribution is -2.12. The minimum Gasteiger partial charge on any atom is -0.493 e. The van der Waals surface area contributed by atoms with Gasteiger partial charge in [-0.05, 0) is 25.1 Å². The molecule has 6 heteroatoms. The first-order valence-corrected chi connectivity index (χ1v) is 7.11. The largest absolute Gasteiger partial charge is 0.493 e. The van der Waals surface area contributed by atoms with E-state index in [2.05, 4.69) is 0 Å². The molecule has 0 atom stereocenters. The molecule has 0 bridgehead atoms. The second kappa shape index (κ2) is 8.47. The van der Waals surface area contributed by atoms with Crippen LogP contribution >= 0.6 is 11.8 Å². The van der Waals surface area contributed by atoms with Crippen LogP contribution in [0.3, 0.4) is 0 Å². The van der Waals surface area contributed by atoms with Crippen molar-refractivity contribution in [3.8, 4) is 11.5 Å². The first kappa shape index (κ1) is 16.4. The molecule has 1 aromatic carbocycles. The number of rotatable bonds is 8. The summed E-state index contributed by atoms with van der Waals surface area (Å²) in [6, 6.07) is 5.40. The van der Waals surface area contributed by atoms with Crippen LogP contribution in [0.15, 0.2) is 23.1 Å². The van der Waals surface area contributed by atoms with Crippen molar-refractivity contribution in [3.05, 3.63) is 18.2 Å². The summed E-state index contributed by atoms with van der Waals surface area (Å²) in [5.74, 6) is 0.813. The van der Waals surface area contributed by atoms with E-state index in [0.29, 0.717) is 11.5 Å². The Kier molecular flexibility index (Phi) is 6.93. The van der Waals surface area contributed by atoms with Crippen LogP contribution in [0.2, 0.25) is 0 Å². The summed E-state index contributed by atoms with van der Waals surface area (Å²) in [5.41, 5.74) is 0. The molecule has 1 rings (SSSR count). The van der Waals surface area contributed by atoms with Crippen LogP contribution in [0.25, 0.3) is 0 Å². The second-order valence-electron chi connectivity index (χ2n) is 3.83. The van der Waals surface area contributed by atoms with Crippen LogP contribution < -0.4 is 9.47 Å². The molecule has 0 unspecified atom stereocenters. The Balaban J connectivity index is 2.53.